The predicted octanol–water partition coefficient (Wildman–Crippen LogP) is 0.676. The van der Waals surface area contributed by atoms with E-state index in [1.807, 2.05) is 6.07 Å². The van der Waals surface area contributed by atoms with Crippen molar-refractivity contribution in [3.05, 3.63) is 21.9 Å². The lowest BCUT2D eigenvalue weighted by atomic mass is 10.3. The molecule has 0 aliphatic carbocycles. The van der Waals surface area contributed by atoms with E-state index in [1.165, 1.54) is 0 Å². The van der Waals surface area contributed by atoms with E-state index >= 15 is 0 Å². The van der Waals surface area contributed by atoms with Gasteiger partial charge in [-0.1, -0.05) is 0 Å². The molecule has 1 aromatic rings. The highest BCUT2D eigenvalue weighted by Gasteiger charge is 2.03. The third kappa shape index (κ3) is 4.42. The SMILES string of the molecule is NCCCCNCc1cc(C(N)=O)cs1. The summed E-state index contributed by atoms with van der Waals surface area (Å²) in [5.74, 6) is -0.361. The first-order valence-electron chi connectivity index (χ1n) is 5.02. The number of hydrogen-bond donors (Lipinski definition) is 3. The molecule has 0 aromatic carbocycles. The third-order valence-electron chi connectivity index (χ3n) is 2.05. The minimum absolute atomic E-state index is 0.361. The van der Waals surface area contributed by atoms with E-state index < -0.39 is 0 Å². The molecule has 1 aromatic heterocycles. The average molecular weight is 227 g/mol. The van der Waals surface area contributed by atoms with Crippen LogP contribution in [0.15, 0.2) is 11.4 Å². The Morgan fingerprint density at radius 1 is 1.47 bits per heavy atom. The molecule has 0 aliphatic heterocycles. The van der Waals surface area contributed by atoms with E-state index in [1.54, 1.807) is 16.7 Å². The van der Waals surface area contributed by atoms with Crippen molar-refractivity contribution in [2.24, 2.45) is 11.5 Å². The molecule has 0 fully saturated rings. The van der Waals surface area contributed by atoms with Gasteiger partial charge in [-0.15, -0.1) is 11.3 Å². The van der Waals surface area contributed by atoms with Crippen LogP contribution in [0.4, 0.5) is 0 Å². The van der Waals surface area contributed by atoms with Gasteiger partial charge < -0.3 is 16.8 Å². The third-order valence-corrected chi connectivity index (χ3v) is 2.98. The molecule has 0 bridgehead atoms. The summed E-state index contributed by atoms with van der Waals surface area (Å²) in [6, 6.07) is 1.84. The molecule has 0 saturated carbocycles. The maximum atomic E-state index is 10.8. The lowest BCUT2D eigenvalue weighted by molar-refractivity contribution is 0.100. The summed E-state index contributed by atoms with van der Waals surface area (Å²) in [7, 11) is 0. The molecule has 0 radical (unpaired) electrons. The van der Waals surface area contributed by atoms with Gasteiger partial charge in [-0.25, -0.2) is 0 Å². The first-order valence-corrected chi connectivity index (χ1v) is 5.90. The highest BCUT2D eigenvalue weighted by atomic mass is 32.1. The van der Waals surface area contributed by atoms with Crippen molar-refractivity contribution in [2.75, 3.05) is 13.1 Å². The topological polar surface area (TPSA) is 81.1 Å². The molecule has 15 heavy (non-hydrogen) atoms. The zero-order valence-corrected chi connectivity index (χ0v) is 9.48. The molecule has 0 spiro atoms. The molecule has 0 unspecified atom stereocenters. The highest BCUT2D eigenvalue weighted by molar-refractivity contribution is 7.10. The summed E-state index contributed by atoms with van der Waals surface area (Å²) in [4.78, 5) is 12.0. The second-order valence-corrected chi connectivity index (χ2v) is 4.33. The van der Waals surface area contributed by atoms with Crippen molar-refractivity contribution in [1.82, 2.24) is 5.32 Å². The molecule has 0 atom stereocenters. The molecule has 0 aliphatic rings. The van der Waals surface area contributed by atoms with Crippen LogP contribution in [0.2, 0.25) is 0 Å². The van der Waals surface area contributed by atoms with Gasteiger partial charge in [-0.05, 0) is 32.0 Å². The van der Waals surface area contributed by atoms with Gasteiger partial charge in [0, 0.05) is 16.8 Å². The predicted molar refractivity (Wildman–Crippen MR) is 62.8 cm³/mol. The summed E-state index contributed by atoms with van der Waals surface area (Å²) in [6.45, 7) is 2.50. The fraction of sp³-hybridized carbons (Fsp3) is 0.500. The Labute approximate surface area is 93.7 Å². The summed E-state index contributed by atoms with van der Waals surface area (Å²) in [6.07, 6.45) is 2.13. The van der Waals surface area contributed by atoms with Crippen molar-refractivity contribution in [3.8, 4) is 0 Å². The van der Waals surface area contributed by atoms with E-state index in [4.69, 9.17) is 11.5 Å². The minimum atomic E-state index is -0.361. The number of hydrogen-bond acceptors (Lipinski definition) is 4. The van der Waals surface area contributed by atoms with Gasteiger partial charge in [0.05, 0.1) is 5.56 Å². The average Bonchev–Trinajstić information content (AvgIpc) is 2.66. The molecule has 1 amide bonds. The fourth-order valence-electron chi connectivity index (χ4n) is 1.21. The molecular weight excluding hydrogens is 210 g/mol. The van der Waals surface area contributed by atoms with Gasteiger partial charge >= 0.3 is 0 Å². The van der Waals surface area contributed by atoms with Gasteiger partial charge in [-0.3, -0.25) is 4.79 Å². The lowest BCUT2D eigenvalue weighted by Crippen LogP contribution is -2.15. The summed E-state index contributed by atoms with van der Waals surface area (Å²) in [5, 5.41) is 5.08. The van der Waals surface area contributed by atoms with E-state index in [2.05, 4.69) is 5.32 Å². The van der Waals surface area contributed by atoms with Crippen LogP contribution >= 0.6 is 11.3 Å². The Balaban J connectivity index is 2.23. The number of amides is 1. The molecule has 84 valence electrons. The van der Waals surface area contributed by atoms with Crippen LogP contribution in [0.1, 0.15) is 28.1 Å². The van der Waals surface area contributed by atoms with Crippen LogP contribution in [0.3, 0.4) is 0 Å². The Morgan fingerprint density at radius 3 is 2.87 bits per heavy atom. The van der Waals surface area contributed by atoms with E-state index in [9.17, 15) is 4.79 Å². The quantitative estimate of drug-likeness (QED) is 0.599. The maximum absolute atomic E-state index is 10.8. The molecule has 1 heterocycles. The molecule has 0 saturated heterocycles. The lowest BCUT2D eigenvalue weighted by Gasteiger charge is -2.01. The maximum Gasteiger partial charge on any atom is 0.249 e. The van der Waals surface area contributed by atoms with Gasteiger partial charge in [0.25, 0.3) is 0 Å². The van der Waals surface area contributed by atoms with Gasteiger partial charge in [-0.2, -0.15) is 0 Å². The Morgan fingerprint density at radius 2 is 2.27 bits per heavy atom. The van der Waals surface area contributed by atoms with Crippen LogP contribution in [-0.2, 0) is 6.54 Å². The zero-order chi connectivity index (χ0) is 11.1. The number of thiophene rings is 1. The number of carbonyl (C=O) groups excluding carboxylic acids is 1. The number of unbranched alkanes of at least 4 members (excludes halogenated alkanes) is 1. The Hall–Kier alpha value is -0.910. The number of nitrogens with one attached hydrogen (secondary N) is 1. The second kappa shape index (κ2) is 6.55. The standard InChI is InChI=1S/C10H17N3OS/c11-3-1-2-4-13-6-9-5-8(7-15-9)10(12)14/h5,7,13H,1-4,6,11H2,(H2,12,14). The minimum Gasteiger partial charge on any atom is -0.366 e. The molecule has 1 rings (SSSR count). The molecule has 4 nitrogen and oxygen atoms in total. The number of primary amides is 1. The summed E-state index contributed by atoms with van der Waals surface area (Å²) < 4.78 is 0. The number of rotatable bonds is 7. The van der Waals surface area contributed by atoms with Crippen LogP contribution < -0.4 is 16.8 Å². The van der Waals surface area contributed by atoms with Crippen molar-refractivity contribution < 1.29 is 4.79 Å². The van der Waals surface area contributed by atoms with Crippen LogP contribution in [-0.4, -0.2) is 19.0 Å². The van der Waals surface area contributed by atoms with Crippen LogP contribution in [0, 0.1) is 0 Å². The van der Waals surface area contributed by atoms with E-state index in [-0.39, 0.29) is 5.91 Å². The second-order valence-electron chi connectivity index (χ2n) is 3.34. The smallest absolute Gasteiger partial charge is 0.249 e. The molecule has 5 heteroatoms. The summed E-state index contributed by atoms with van der Waals surface area (Å²) >= 11 is 1.55. The van der Waals surface area contributed by atoms with Crippen molar-refractivity contribution in [1.29, 1.82) is 0 Å². The number of carbonyl (C=O) groups is 1. The highest BCUT2D eigenvalue weighted by Crippen LogP contribution is 2.13. The Bertz CT molecular complexity index is 311. The van der Waals surface area contributed by atoms with Crippen LogP contribution in [0.25, 0.3) is 0 Å². The van der Waals surface area contributed by atoms with Crippen molar-refractivity contribution in [3.63, 3.8) is 0 Å². The normalized spacial score (nSPS) is 10.5. The molecule has 5 N–H and O–H groups in total. The monoisotopic (exact) mass is 227 g/mol. The first-order chi connectivity index (χ1) is 7.24. The largest absolute Gasteiger partial charge is 0.366 e. The van der Waals surface area contributed by atoms with Crippen LogP contribution in [0.5, 0.6) is 0 Å². The number of nitrogens with two attached hydrogens (primary N) is 2. The van der Waals surface area contributed by atoms with Gasteiger partial charge in [0.2, 0.25) is 5.91 Å². The fourth-order valence-corrected chi connectivity index (χ4v) is 2.05. The van der Waals surface area contributed by atoms with Gasteiger partial charge in [0.15, 0.2) is 0 Å². The van der Waals surface area contributed by atoms with Gasteiger partial charge in [0.1, 0.15) is 0 Å². The van der Waals surface area contributed by atoms with E-state index in [0.29, 0.717) is 5.56 Å². The zero-order valence-electron chi connectivity index (χ0n) is 8.66. The Kier molecular flexibility index (Phi) is 5.31. The molecular formula is C10H17N3OS. The van der Waals surface area contributed by atoms with E-state index in [0.717, 1.165) is 37.4 Å². The van der Waals surface area contributed by atoms with Crippen molar-refractivity contribution in [2.45, 2.75) is 19.4 Å². The summed E-state index contributed by atoms with van der Waals surface area (Å²) in [5.41, 5.74) is 11.1. The van der Waals surface area contributed by atoms with Crippen molar-refractivity contribution >= 4 is 17.2 Å². The first kappa shape index (κ1) is 12.2.